The van der Waals surface area contributed by atoms with Crippen LogP contribution in [-0.2, 0) is 0 Å². The van der Waals surface area contributed by atoms with E-state index in [1.165, 1.54) is 24.4 Å². The van der Waals surface area contributed by atoms with Gasteiger partial charge in [0.25, 0.3) is 5.91 Å². The van der Waals surface area contributed by atoms with Crippen LogP contribution in [0.25, 0.3) is 0 Å². The molecule has 136 valence electrons. The number of aromatic nitrogens is 1. The van der Waals surface area contributed by atoms with Crippen LogP contribution in [0, 0.1) is 11.7 Å². The summed E-state index contributed by atoms with van der Waals surface area (Å²) in [6.45, 7) is 2.24. The van der Waals surface area contributed by atoms with Gasteiger partial charge in [-0.2, -0.15) is 0 Å². The fraction of sp³-hybridized carbons (Fsp3) is 0.316. The van der Waals surface area contributed by atoms with Gasteiger partial charge < -0.3 is 15.2 Å². The number of benzene rings is 1. The summed E-state index contributed by atoms with van der Waals surface area (Å²) in [7, 11) is 0. The molecule has 1 heterocycles. The van der Waals surface area contributed by atoms with Gasteiger partial charge in [-0.25, -0.2) is 14.2 Å². The lowest BCUT2D eigenvalue weighted by Crippen LogP contribution is -2.27. The summed E-state index contributed by atoms with van der Waals surface area (Å²) in [5.41, 5.74) is 0.546. The smallest absolute Gasteiger partial charge is 0.354 e. The van der Waals surface area contributed by atoms with Crippen molar-refractivity contribution in [2.24, 2.45) is 5.92 Å². The van der Waals surface area contributed by atoms with Crippen molar-refractivity contribution < 1.29 is 23.8 Å². The fourth-order valence-corrected chi connectivity index (χ4v) is 2.45. The molecule has 0 spiro atoms. The lowest BCUT2D eigenvalue weighted by atomic mass is 10.1. The Kier molecular flexibility index (Phi) is 5.16. The summed E-state index contributed by atoms with van der Waals surface area (Å²) >= 11 is 0. The Morgan fingerprint density at radius 3 is 2.77 bits per heavy atom. The zero-order chi connectivity index (χ0) is 18.7. The summed E-state index contributed by atoms with van der Waals surface area (Å²) in [6.07, 6.45) is 3.51. The van der Waals surface area contributed by atoms with Gasteiger partial charge in [0.15, 0.2) is 11.6 Å². The van der Waals surface area contributed by atoms with Crippen molar-refractivity contribution in [2.75, 3.05) is 6.61 Å². The predicted octanol–water partition coefficient (Wildman–Crippen LogP) is 3.20. The fourth-order valence-electron chi connectivity index (χ4n) is 2.45. The molecule has 1 aliphatic carbocycles. The van der Waals surface area contributed by atoms with Crippen molar-refractivity contribution >= 4 is 11.9 Å². The molecule has 0 aliphatic heterocycles. The number of amides is 1. The molecule has 1 amide bonds. The number of carboxylic acids is 1. The van der Waals surface area contributed by atoms with Gasteiger partial charge in [0.1, 0.15) is 5.69 Å². The monoisotopic (exact) mass is 358 g/mol. The van der Waals surface area contributed by atoms with Gasteiger partial charge in [-0.05, 0) is 55.5 Å². The van der Waals surface area contributed by atoms with Crippen molar-refractivity contribution in [2.45, 2.75) is 25.8 Å². The molecule has 1 fully saturated rings. The molecule has 0 saturated heterocycles. The van der Waals surface area contributed by atoms with Gasteiger partial charge >= 0.3 is 5.97 Å². The van der Waals surface area contributed by atoms with E-state index in [2.05, 4.69) is 10.3 Å². The van der Waals surface area contributed by atoms with Gasteiger partial charge in [0, 0.05) is 11.8 Å². The number of nitrogens with one attached hydrogen (secondary N) is 1. The first-order valence-corrected chi connectivity index (χ1v) is 8.36. The van der Waals surface area contributed by atoms with Crippen LogP contribution >= 0.6 is 0 Å². The Hall–Kier alpha value is -2.96. The molecule has 0 radical (unpaired) electrons. The number of carbonyl (C=O) groups is 2. The van der Waals surface area contributed by atoms with Crippen LogP contribution < -0.4 is 10.1 Å². The van der Waals surface area contributed by atoms with Gasteiger partial charge in [-0.15, -0.1) is 0 Å². The molecule has 1 saturated carbocycles. The van der Waals surface area contributed by atoms with E-state index >= 15 is 0 Å². The zero-order valence-electron chi connectivity index (χ0n) is 14.2. The molecule has 6 nitrogen and oxygen atoms in total. The van der Waals surface area contributed by atoms with E-state index < -0.39 is 23.7 Å². The van der Waals surface area contributed by atoms with E-state index in [1.54, 1.807) is 19.1 Å². The van der Waals surface area contributed by atoms with E-state index in [0.29, 0.717) is 18.1 Å². The minimum atomic E-state index is -1.21. The molecule has 26 heavy (non-hydrogen) atoms. The highest BCUT2D eigenvalue weighted by Crippen LogP contribution is 2.30. The third-order valence-corrected chi connectivity index (χ3v) is 4.22. The number of nitrogens with zero attached hydrogens (tertiary/aromatic N) is 1. The summed E-state index contributed by atoms with van der Waals surface area (Å²) in [5.74, 6) is -1.41. The molecule has 2 aromatic rings. The number of carbonyl (C=O) groups excluding carboxylic acids is 1. The summed E-state index contributed by atoms with van der Waals surface area (Å²) in [4.78, 5) is 26.9. The molecule has 0 bridgehead atoms. The van der Waals surface area contributed by atoms with Crippen LogP contribution in [0.5, 0.6) is 5.75 Å². The van der Waals surface area contributed by atoms with Crippen molar-refractivity contribution in [1.29, 1.82) is 0 Å². The molecule has 2 N–H and O–H groups in total. The van der Waals surface area contributed by atoms with Crippen LogP contribution in [0.2, 0.25) is 0 Å². The van der Waals surface area contributed by atoms with Crippen LogP contribution in [0.3, 0.4) is 0 Å². The number of halogens is 1. The highest BCUT2D eigenvalue weighted by atomic mass is 19.1. The lowest BCUT2D eigenvalue weighted by Gasteiger charge is -2.16. The molecule has 1 aromatic heterocycles. The van der Waals surface area contributed by atoms with Crippen LogP contribution in [-0.4, -0.2) is 28.6 Å². The Bertz CT molecular complexity index is 836. The highest BCUT2D eigenvalue weighted by molar-refractivity contribution is 5.96. The average Bonchev–Trinajstić information content (AvgIpc) is 3.45. The first kappa shape index (κ1) is 17.8. The number of hydrogen-bond acceptors (Lipinski definition) is 4. The number of ether oxygens (including phenoxy) is 1. The largest absolute Gasteiger partial charge is 0.490 e. The molecule has 3 rings (SSSR count). The highest BCUT2D eigenvalue weighted by Gasteiger charge is 2.22. The summed E-state index contributed by atoms with van der Waals surface area (Å²) < 4.78 is 19.6. The number of rotatable bonds is 7. The first-order valence-electron chi connectivity index (χ1n) is 8.36. The molecule has 1 aliphatic rings. The van der Waals surface area contributed by atoms with Crippen molar-refractivity contribution in [3.05, 3.63) is 59.2 Å². The summed E-state index contributed by atoms with van der Waals surface area (Å²) in [6, 6.07) is 6.75. The average molecular weight is 358 g/mol. The Labute approximate surface area is 150 Å². The number of hydrogen-bond donors (Lipinski definition) is 2. The topological polar surface area (TPSA) is 88.5 Å². The quantitative estimate of drug-likeness (QED) is 0.793. The van der Waals surface area contributed by atoms with E-state index in [4.69, 9.17) is 9.84 Å². The summed E-state index contributed by atoms with van der Waals surface area (Å²) in [5, 5.41) is 11.7. The normalized spacial score (nSPS) is 14.5. The lowest BCUT2D eigenvalue weighted by molar-refractivity contribution is 0.0690. The predicted molar refractivity (Wildman–Crippen MR) is 91.7 cm³/mol. The third-order valence-electron chi connectivity index (χ3n) is 4.22. The maximum atomic E-state index is 14.2. The van der Waals surface area contributed by atoms with Gasteiger partial charge in [0.05, 0.1) is 12.6 Å². The van der Waals surface area contributed by atoms with Crippen LogP contribution in [0.15, 0.2) is 36.5 Å². The molecule has 1 unspecified atom stereocenters. The Morgan fingerprint density at radius 1 is 1.35 bits per heavy atom. The Balaban J connectivity index is 1.65. The maximum absolute atomic E-state index is 14.2. The second-order valence-corrected chi connectivity index (χ2v) is 6.37. The number of carboxylic acid groups (broad SMARTS) is 1. The zero-order valence-corrected chi connectivity index (χ0v) is 14.2. The van der Waals surface area contributed by atoms with Gasteiger partial charge in [-0.3, -0.25) is 4.79 Å². The molecule has 1 aromatic carbocycles. The van der Waals surface area contributed by atoms with E-state index in [0.717, 1.165) is 12.8 Å². The minimum absolute atomic E-state index is 0.175. The van der Waals surface area contributed by atoms with E-state index in [1.807, 2.05) is 0 Å². The minimum Gasteiger partial charge on any atom is -0.490 e. The molecular formula is C19H19FN2O4. The van der Waals surface area contributed by atoms with Crippen molar-refractivity contribution in [3.8, 4) is 5.75 Å². The molecular weight excluding hydrogens is 339 g/mol. The van der Waals surface area contributed by atoms with Crippen molar-refractivity contribution in [1.82, 2.24) is 10.3 Å². The first-order chi connectivity index (χ1) is 12.4. The number of pyridine rings is 1. The molecule has 7 heteroatoms. The van der Waals surface area contributed by atoms with Crippen molar-refractivity contribution in [3.63, 3.8) is 0 Å². The SMILES string of the molecule is CC(NC(=O)c1ccnc(C(=O)O)c1)c1ccc(OCC2CC2)c(F)c1. The van der Waals surface area contributed by atoms with E-state index in [9.17, 15) is 14.0 Å². The third kappa shape index (κ3) is 4.36. The van der Waals surface area contributed by atoms with Crippen LogP contribution in [0.1, 0.15) is 52.2 Å². The standard InChI is InChI=1S/C19H19FN2O4/c1-11(22-18(23)14-6-7-21-16(9-14)19(24)25)13-4-5-17(15(20)8-13)26-10-12-2-3-12/h4-9,11-12H,2-3,10H2,1H3,(H,22,23)(H,24,25). The number of aromatic carboxylic acids is 1. The second kappa shape index (κ2) is 7.51. The maximum Gasteiger partial charge on any atom is 0.354 e. The Morgan fingerprint density at radius 2 is 2.12 bits per heavy atom. The van der Waals surface area contributed by atoms with Crippen LogP contribution in [0.4, 0.5) is 4.39 Å². The molecule has 1 atom stereocenters. The van der Waals surface area contributed by atoms with E-state index in [-0.39, 0.29) is 17.0 Å². The van der Waals surface area contributed by atoms with Gasteiger partial charge in [-0.1, -0.05) is 6.07 Å². The van der Waals surface area contributed by atoms with Gasteiger partial charge in [0.2, 0.25) is 0 Å². The second-order valence-electron chi connectivity index (χ2n) is 6.37.